The number of methoxy groups -OCH3 is 1. The number of carbonyl (C=O) groups excluding carboxylic acids is 2. The van der Waals surface area contributed by atoms with Crippen LogP contribution in [-0.4, -0.2) is 35.7 Å². The first-order valence-electron chi connectivity index (χ1n) is 9.84. The number of aromatic nitrogens is 2. The Balaban J connectivity index is 1.31. The van der Waals surface area contributed by atoms with Gasteiger partial charge in [0.2, 0.25) is 16.9 Å². The lowest BCUT2D eigenvalue weighted by Gasteiger charge is -2.16. The SMILES string of the molecule is COc1ccc(CCc2nnc(NC(=O)[C@@H]3CC(=O)N(c4ccc(F)cc4)C3)s2)cc1. The Bertz CT molecular complexity index is 1070. The van der Waals surface area contributed by atoms with E-state index in [-0.39, 0.29) is 30.6 Å². The van der Waals surface area contributed by atoms with Crippen LogP contribution in [0.25, 0.3) is 0 Å². The van der Waals surface area contributed by atoms with Gasteiger partial charge >= 0.3 is 0 Å². The quantitative estimate of drug-likeness (QED) is 0.608. The van der Waals surface area contributed by atoms with E-state index in [4.69, 9.17) is 4.74 Å². The average Bonchev–Trinajstić information content (AvgIpc) is 3.39. The molecule has 1 aliphatic rings. The van der Waals surface area contributed by atoms with Crippen LogP contribution in [0.2, 0.25) is 0 Å². The molecule has 2 amide bonds. The number of aryl methyl sites for hydroxylation is 2. The molecule has 160 valence electrons. The fourth-order valence-corrected chi connectivity index (χ4v) is 4.15. The summed E-state index contributed by atoms with van der Waals surface area (Å²) in [4.78, 5) is 26.4. The Morgan fingerprint density at radius 3 is 2.61 bits per heavy atom. The number of ether oxygens (including phenoxy) is 1. The van der Waals surface area contributed by atoms with Crippen LogP contribution in [0.4, 0.5) is 15.2 Å². The normalized spacial score (nSPS) is 15.9. The van der Waals surface area contributed by atoms with Crippen molar-refractivity contribution in [3.8, 4) is 5.75 Å². The predicted molar refractivity (Wildman–Crippen MR) is 116 cm³/mol. The lowest BCUT2D eigenvalue weighted by molar-refractivity contribution is -0.122. The summed E-state index contributed by atoms with van der Waals surface area (Å²) in [6, 6.07) is 13.5. The zero-order valence-corrected chi connectivity index (χ0v) is 17.7. The van der Waals surface area contributed by atoms with E-state index in [1.165, 1.54) is 40.5 Å². The topological polar surface area (TPSA) is 84.4 Å². The van der Waals surface area contributed by atoms with Gasteiger partial charge in [-0.15, -0.1) is 10.2 Å². The number of anilines is 2. The molecule has 9 heteroatoms. The smallest absolute Gasteiger partial charge is 0.231 e. The van der Waals surface area contributed by atoms with Crippen LogP contribution in [-0.2, 0) is 22.4 Å². The van der Waals surface area contributed by atoms with Crippen molar-refractivity contribution in [1.82, 2.24) is 10.2 Å². The van der Waals surface area contributed by atoms with E-state index in [1.54, 1.807) is 7.11 Å². The van der Waals surface area contributed by atoms with Gasteiger partial charge in [0, 0.05) is 25.1 Å². The van der Waals surface area contributed by atoms with Gasteiger partial charge < -0.3 is 15.0 Å². The van der Waals surface area contributed by atoms with Gasteiger partial charge in [0.05, 0.1) is 13.0 Å². The third kappa shape index (κ3) is 5.05. The van der Waals surface area contributed by atoms with E-state index in [0.29, 0.717) is 17.2 Å². The average molecular weight is 441 g/mol. The molecule has 3 aromatic rings. The van der Waals surface area contributed by atoms with Gasteiger partial charge in [0.25, 0.3) is 0 Å². The van der Waals surface area contributed by atoms with E-state index in [2.05, 4.69) is 15.5 Å². The summed E-state index contributed by atoms with van der Waals surface area (Å²) in [5.41, 5.74) is 1.74. The number of halogens is 1. The maximum Gasteiger partial charge on any atom is 0.231 e. The highest BCUT2D eigenvalue weighted by Gasteiger charge is 2.35. The Hall–Kier alpha value is -3.33. The molecule has 1 fully saturated rings. The number of amides is 2. The second-order valence-electron chi connectivity index (χ2n) is 7.22. The molecule has 2 heterocycles. The first kappa shape index (κ1) is 20.9. The minimum Gasteiger partial charge on any atom is -0.497 e. The Labute approximate surface area is 182 Å². The Kier molecular flexibility index (Phi) is 6.22. The molecule has 31 heavy (non-hydrogen) atoms. The number of nitrogens with one attached hydrogen (secondary N) is 1. The summed E-state index contributed by atoms with van der Waals surface area (Å²) in [6.45, 7) is 0.249. The molecule has 2 aromatic carbocycles. The largest absolute Gasteiger partial charge is 0.497 e. The molecule has 0 saturated carbocycles. The minimum atomic E-state index is -0.496. The molecule has 1 atom stereocenters. The summed E-state index contributed by atoms with van der Waals surface area (Å²) >= 11 is 1.33. The molecule has 1 N–H and O–H groups in total. The second-order valence-corrected chi connectivity index (χ2v) is 8.28. The van der Waals surface area contributed by atoms with Gasteiger partial charge in [0.15, 0.2) is 0 Å². The highest BCUT2D eigenvalue weighted by molar-refractivity contribution is 7.15. The number of hydrogen-bond donors (Lipinski definition) is 1. The van der Waals surface area contributed by atoms with Crippen LogP contribution < -0.4 is 15.0 Å². The van der Waals surface area contributed by atoms with Crippen molar-refractivity contribution in [2.75, 3.05) is 23.9 Å². The van der Waals surface area contributed by atoms with Crippen LogP contribution in [0.5, 0.6) is 5.75 Å². The van der Waals surface area contributed by atoms with Gasteiger partial charge in [-0.05, 0) is 48.4 Å². The second kappa shape index (κ2) is 9.22. The van der Waals surface area contributed by atoms with Crippen molar-refractivity contribution in [2.24, 2.45) is 5.92 Å². The fourth-order valence-electron chi connectivity index (χ4n) is 3.41. The summed E-state index contributed by atoms with van der Waals surface area (Å²) in [7, 11) is 1.63. The molecule has 1 aromatic heterocycles. The van der Waals surface area contributed by atoms with Crippen LogP contribution in [0.1, 0.15) is 17.0 Å². The van der Waals surface area contributed by atoms with Crippen LogP contribution in [0.15, 0.2) is 48.5 Å². The van der Waals surface area contributed by atoms with Gasteiger partial charge in [-0.2, -0.15) is 0 Å². The number of rotatable bonds is 7. The zero-order chi connectivity index (χ0) is 21.8. The van der Waals surface area contributed by atoms with Crippen LogP contribution in [0.3, 0.4) is 0 Å². The molecule has 0 spiro atoms. The van der Waals surface area contributed by atoms with Crippen molar-refractivity contribution in [3.05, 3.63) is 64.9 Å². The fraction of sp³-hybridized carbons (Fsp3) is 0.273. The van der Waals surface area contributed by atoms with E-state index in [1.807, 2.05) is 24.3 Å². The lowest BCUT2D eigenvalue weighted by atomic mass is 10.1. The van der Waals surface area contributed by atoms with Gasteiger partial charge in [0.1, 0.15) is 16.6 Å². The van der Waals surface area contributed by atoms with Gasteiger partial charge in [-0.1, -0.05) is 23.5 Å². The summed E-state index contributed by atoms with van der Waals surface area (Å²) in [5, 5.41) is 12.2. The highest BCUT2D eigenvalue weighted by Crippen LogP contribution is 2.27. The Morgan fingerprint density at radius 2 is 1.90 bits per heavy atom. The zero-order valence-electron chi connectivity index (χ0n) is 16.9. The van der Waals surface area contributed by atoms with Crippen molar-refractivity contribution >= 4 is 34.0 Å². The van der Waals surface area contributed by atoms with E-state index in [9.17, 15) is 14.0 Å². The molecule has 0 unspecified atom stereocenters. The van der Waals surface area contributed by atoms with Crippen molar-refractivity contribution < 1.29 is 18.7 Å². The number of nitrogens with zero attached hydrogens (tertiary/aromatic N) is 3. The summed E-state index contributed by atoms with van der Waals surface area (Å²) in [5.74, 6) is -0.485. The van der Waals surface area contributed by atoms with Crippen molar-refractivity contribution in [1.29, 1.82) is 0 Å². The molecular formula is C22H21FN4O3S. The van der Waals surface area contributed by atoms with Crippen molar-refractivity contribution in [2.45, 2.75) is 19.3 Å². The molecular weight excluding hydrogens is 419 g/mol. The monoisotopic (exact) mass is 440 g/mol. The molecule has 0 radical (unpaired) electrons. The molecule has 1 saturated heterocycles. The first-order chi connectivity index (χ1) is 15.0. The lowest BCUT2D eigenvalue weighted by Crippen LogP contribution is -2.28. The Morgan fingerprint density at radius 1 is 1.16 bits per heavy atom. The summed E-state index contributed by atoms with van der Waals surface area (Å²) in [6.07, 6.45) is 1.61. The van der Waals surface area contributed by atoms with E-state index >= 15 is 0 Å². The molecule has 0 aliphatic carbocycles. The minimum absolute atomic E-state index is 0.104. The third-order valence-corrected chi connectivity index (χ3v) is 6.02. The van der Waals surface area contributed by atoms with Gasteiger partial charge in [-0.3, -0.25) is 9.59 Å². The first-order valence-corrected chi connectivity index (χ1v) is 10.7. The number of carbonyl (C=O) groups is 2. The predicted octanol–water partition coefficient (Wildman–Crippen LogP) is 3.46. The molecule has 7 nitrogen and oxygen atoms in total. The van der Waals surface area contributed by atoms with E-state index in [0.717, 1.165) is 22.7 Å². The van der Waals surface area contributed by atoms with Crippen LogP contribution in [0, 0.1) is 11.7 Å². The maximum absolute atomic E-state index is 13.1. The third-order valence-electron chi connectivity index (χ3n) is 5.12. The highest BCUT2D eigenvalue weighted by atomic mass is 32.1. The van der Waals surface area contributed by atoms with Crippen molar-refractivity contribution in [3.63, 3.8) is 0 Å². The molecule has 1 aliphatic heterocycles. The van der Waals surface area contributed by atoms with Crippen LogP contribution >= 0.6 is 11.3 Å². The number of benzene rings is 2. The van der Waals surface area contributed by atoms with Gasteiger partial charge in [-0.25, -0.2) is 4.39 Å². The molecule has 4 rings (SSSR count). The maximum atomic E-state index is 13.1. The summed E-state index contributed by atoms with van der Waals surface area (Å²) < 4.78 is 18.3. The molecule has 0 bridgehead atoms. The number of hydrogen-bond acceptors (Lipinski definition) is 6. The standard InChI is InChI=1S/C22H21FN4O3S/c1-30-18-9-2-14(3-10-18)4-11-19-25-26-22(31-19)24-21(29)15-12-20(28)27(13-15)17-7-5-16(23)6-8-17/h2-3,5-10,15H,4,11-13H2,1H3,(H,24,26,29)/t15-/m1/s1. The van der Waals surface area contributed by atoms with E-state index < -0.39 is 5.92 Å².